The molecule has 2 rings (SSSR count). The second-order valence-electron chi connectivity index (χ2n) is 4.83. The number of piperidine rings is 1. The highest BCUT2D eigenvalue weighted by Crippen LogP contribution is 2.12. The highest BCUT2D eigenvalue weighted by atomic mass is 35.5. The monoisotopic (exact) mass is 262 g/mol. The molecular formula is C12H23ClN2O2. The Morgan fingerprint density at radius 3 is 2.82 bits per heavy atom. The molecule has 2 N–H and O–H groups in total. The lowest BCUT2D eigenvalue weighted by Gasteiger charge is -2.25. The van der Waals surface area contributed by atoms with Crippen molar-refractivity contribution in [3.05, 3.63) is 0 Å². The summed E-state index contributed by atoms with van der Waals surface area (Å²) in [5.74, 6) is 0.687. The Morgan fingerprint density at radius 2 is 2.18 bits per heavy atom. The van der Waals surface area contributed by atoms with Gasteiger partial charge in [-0.1, -0.05) is 6.42 Å². The summed E-state index contributed by atoms with van der Waals surface area (Å²) in [4.78, 5) is 11.8. The second kappa shape index (κ2) is 7.90. The van der Waals surface area contributed by atoms with Crippen LogP contribution in [0.25, 0.3) is 0 Å². The molecule has 2 atom stereocenters. The maximum atomic E-state index is 11.8. The van der Waals surface area contributed by atoms with Crippen LogP contribution in [0, 0.1) is 5.92 Å². The van der Waals surface area contributed by atoms with Crippen LogP contribution in [-0.4, -0.2) is 38.3 Å². The van der Waals surface area contributed by atoms with E-state index in [0.29, 0.717) is 5.92 Å². The molecule has 1 amide bonds. The Bertz CT molecular complexity index is 227. The van der Waals surface area contributed by atoms with Crippen molar-refractivity contribution in [1.82, 2.24) is 10.6 Å². The van der Waals surface area contributed by atoms with Crippen LogP contribution in [0.1, 0.15) is 32.1 Å². The predicted molar refractivity (Wildman–Crippen MR) is 69.4 cm³/mol. The van der Waals surface area contributed by atoms with Crippen LogP contribution in [0.5, 0.6) is 0 Å². The van der Waals surface area contributed by atoms with Gasteiger partial charge >= 0.3 is 0 Å². The first kappa shape index (κ1) is 14.7. The van der Waals surface area contributed by atoms with Gasteiger partial charge in [-0.05, 0) is 38.1 Å². The molecule has 2 aliphatic heterocycles. The molecule has 0 spiro atoms. The second-order valence-corrected chi connectivity index (χ2v) is 4.83. The van der Waals surface area contributed by atoms with Crippen molar-refractivity contribution >= 4 is 18.3 Å². The molecule has 0 saturated carbocycles. The molecule has 0 radical (unpaired) electrons. The van der Waals surface area contributed by atoms with Crippen LogP contribution in [-0.2, 0) is 9.53 Å². The van der Waals surface area contributed by atoms with Gasteiger partial charge in [-0.2, -0.15) is 0 Å². The number of carbonyl (C=O) groups excluding carboxylic acids is 1. The molecule has 2 saturated heterocycles. The highest BCUT2D eigenvalue weighted by molar-refractivity contribution is 5.85. The van der Waals surface area contributed by atoms with Crippen molar-refractivity contribution in [1.29, 1.82) is 0 Å². The quantitative estimate of drug-likeness (QED) is 0.801. The fourth-order valence-corrected chi connectivity index (χ4v) is 2.41. The van der Waals surface area contributed by atoms with Gasteiger partial charge in [0.2, 0.25) is 5.91 Å². The van der Waals surface area contributed by atoms with Gasteiger partial charge in [-0.3, -0.25) is 4.79 Å². The van der Waals surface area contributed by atoms with Crippen LogP contribution in [0.15, 0.2) is 0 Å². The number of hydrogen-bond acceptors (Lipinski definition) is 3. The average molecular weight is 263 g/mol. The van der Waals surface area contributed by atoms with Crippen LogP contribution < -0.4 is 10.6 Å². The van der Waals surface area contributed by atoms with E-state index >= 15 is 0 Å². The van der Waals surface area contributed by atoms with Crippen LogP contribution >= 0.6 is 12.4 Å². The fraction of sp³-hybridized carbons (Fsp3) is 0.917. The van der Waals surface area contributed by atoms with Gasteiger partial charge in [0.15, 0.2) is 0 Å². The highest BCUT2D eigenvalue weighted by Gasteiger charge is 2.21. The van der Waals surface area contributed by atoms with Crippen molar-refractivity contribution in [2.24, 2.45) is 5.92 Å². The molecule has 0 aromatic rings. The summed E-state index contributed by atoms with van der Waals surface area (Å²) in [7, 11) is 0. The number of rotatable bonds is 3. The third-order valence-corrected chi connectivity index (χ3v) is 3.45. The molecule has 0 aromatic heterocycles. The average Bonchev–Trinajstić information content (AvgIpc) is 2.38. The molecule has 1 unspecified atom stereocenters. The topological polar surface area (TPSA) is 50.4 Å². The van der Waals surface area contributed by atoms with E-state index in [0.717, 1.165) is 45.6 Å². The van der Waals surface area contributed by atoms with E-state index in [2.05, 4.69) is 10.6 Å². The molecule has 0 aliphatic carbocycles. The van der Waals surface area contributed by atoms with Gasteiger partial charge < -0.3 is 15.4 Å². The largest absolute Gasteiger partial charge is 0.381 e. The van der Waals surface area contributed by atoms with E-state index in [9.17, 15) is 4.79 Å². The Kier molecular flexibility index (Phi) is 6.85. The van der Waals surface area contributed by atoms with Gasteiger partial charge in [0.1, 0.15) is 0 Å². The number of carbonyl (C=O) groups is 1. The number of hydrogen-bond donors (Lipinski definition) is 2. The molecule has 0 aromatic carbocycles. The molecule has 4 nitrogen and oxygen atoms in total. The van der Waals surface area contributed by atoms with E-state index in [1.165, 1.54) is 12.8 Å². The first-order valence-electron chi connectivity index (χ1n) is 6.45. The lowest BCUT2D eigenvalue weighted by atomic mass is 10.0. The number of ether oxygens (including phenoxy) is 1. The zero-order valence-corrected chi connectivity index (χ0v) is 11.1. The Morgan fingerprint density at radius 1 is 1.29 bits per heavy atom. The van der Waals surface area contributed by atoms with E-state index in [1.54, 1.807) is 0 Å². The summed E-state index contributed by atoms with van der Waals surface area (Å²) in [6, 6.07) is 0.0401. The summed E-state index contributed by atoms with van der Waals surface area (Å²) in [6.45, 7) is 3.44. The van der Waals surface area contributed by atoms with E-state index in [1.807, 2.05) is 0 Å². The minimum atomic E-state index is 0. The number of amides is 1. The van der Waals surface area contributed by atoms with Crippen LogP contribution in [0.4, 0.5) is 0 Å². The normalized spacial score (nSPS) is 29.2. The molecule has 2 aliphatic rings. The van der Waals surface area contributed by atoms with Crippen molar-refractivity contribution in [3.8, 4) is 0 Å². The summed E-state index contributed by atoms with van der Waals surface area (Å²) in [5, 5.41) is 6.30. The summed E-state index contributed by atoms with van der Waals surface area (Å²) in [5.41, 5.74) is 0. The lowest BCUT2D eigenvalue weighted by Crippen LogP contribution is -2.48. The van der Waals surface area contributed by atoms with Gasteiger partial charge in [-0.15, -0.1) is 12.4 Å². The third kappa shape index (κ3) is 4.82. The third-order valence-electron chi connectivity index (χ3n) is 3.45. The Labute approximate surface area is 109 Å². The van der Waals surface area contributed by atoms with Gasteiger partial charge in [0.25, 0.3) is 0 Å². The molecule has 2 heterocycles. The standard InChI is InChI=1S/C12H22N2O2.ClH/c15-12(11-5-1-2-6-13-11)14-8-10-4-3-7-16-9-10;/h10-11,13H,1-9H2,(H,14,15);1H/t10?,11-;/m1./s1. The minimum absolute atomic E-state index is 0. The lowest BCUT2D eigenvalue weighted by molar-refractivity contribution is -0.124. The maximum Gasteiger partial charge on any atom is 0.237 e. The molecule has 0 bridgehead atoms. The summed E-state index contributed by atoms with van der Waals surface area (Å²) < 4.78 is 5.39. The molecule has 100 valence electrons. The first-order chi connectivity index (χ1) is 7.86. The minimum Gasteiger partial charge on any atom is -0.381 e. The van der Waals surface area contributed by atoms with Crippen molar-refractivity contribution in [2.45, 2.75) is 38.1 Å². The Balaban J connectivity index is 0.00000144. The number of nitrogens with one attached hydrogen (secondary N) is 2. The van der Waals surface area contributed by atoms with Gasteiger partial charge in [-0.25, -0.2) is 0 Å². The SMILES string of the molecule is Cl.O=C(NCC1CCCOC1)[C@H]1CCCCN1. The molecular weight excluding hydrogens is 240 g/mol. The summed E-state index contributed by atoms with van der Waals surface area (Å²) in [6.07, 6.45) is 5.64. The molecule has 5 heteroatoms. The maximum absolute atomic E-state index is 11.8. The smallest absolute Gasteiger partial charge is 0.237 e. The van der Waals surface area contributed by atoms with Gasteiger partial charge in [0.05, 0.1) is 12.6 Å². The van der Waals surface area contributed by atoms with Crippen molar-refractivity contribution < 1.29 is 9.53 Å². The van der Waals surface area contributed by atoms with Crippen LogP contribution in [0.3, 0.4) is 0 Å². The Hall–Kier alpha value is -0.320. The van der Waals surface area contributed by atoms with E-state index < -0.39 is 0 Å². The van der Waals surface area contributed by atoms with E-state index in [4.69, 9.17) is 4.74 Å². The van der Waals surface area contributed by atoms with Crippen molar-refractivity contribution in [2.75, 3.05) is 26.3 Å². The fourth-order valence-electron chi connectivity index (χ4n) is 2.41. The summed E-state index contributed by atoms with van der Waals surface area (Å²) >= 11 is 0. The van der Waals surface area contributed by atoms with Gasteiger partial charge in [0, 0.05) is 13.2 Å². The predicted octanol–water partition coefficient (Wildman–Crippen LogP) is 1.09. The zero-order chi connectivity index (χ0) is 11.2. The molecule has 17 heavy (non-hydrogen) atoms. The zero-order valence-electron chi connectivity index (χ0n) is 10.2. The molecule has 2 fully saturated rings. The van der Waals surface area contributed by atoms with E-state index in [-0.39, 0.29) is 24.4 Å². The van der Waals surface area contributed by atoms with Crippen molar-refractivity contribution in [3.63, 3.8) is 0 Å². The number of halogens is 1. The first-order valence-corrected chi connectivity index (χ1v) is 6.45. The van der Waals surface area contributed by atoms with Crippen LogP contribution in [0.2, 0.25) is 0 Å².